The standard InChI is InChI=1S/C17H26N2O/c18-15-6-3-5-14(11-15)12-19(16-7-1-2-8-16)13-17-9-4-10-20-17/h3,5-6,11,16-17H,1-2,4,7-10,12-13,18H2. The third kappa shape index (κ3) is 3.53. The first-order valence-corrected chi connectivity index (χ1v) is 8.01. The largest absolute Gasteiger partial charge is 0.399 e. The fourth-order valence-electron chi connectivity index (χ4n) is 3.59. The van der Waals surface area contributed by atoms with Gasteiger partial charge in [0.2, 0.25) is 0 Å². The molecule has 1 aromatic rings. The van der Waals surface area contributed by atoms with Crippen molar-refractivity contribution in [1.29, 1.82) is 0 Å². The molecule has 0 bridgehead atoms. The molecule has 1 heterocycles. The molecule has 2 N–H and O–H groups in total. The maximum atomic E-state index is 5.91. The van der Waals surface area contributed by atoms with Crippen molar-refractivity contribution < 1.29 is 4.74 Å². The third-order valence-electron chi connectivity index (χ3n) is 4.64. The molecule has 2 aliphatic rings. The van der Waals surface area contributed by atoms with Crippen LogP contribution in [-0.2, 0) is 11.3 Å². The topological polar surface area (TPSA) is 38.5 Å². The monoisotopic (exact) mass is 274 g/mol. The number of hydrogen-bond donors (Lipinski definition) is 1. The summed E-state index contributed by atoms with van der Waals surface area (Å²) in [6.07, 6.45) is 8.33. The first-order chi connectivity index (χ1) is 9.81. The summed E-state index contributed by atoms with van der Waals surface area (Å²) in [4.78, 5) is 2.64. The summed E-state index contributed by atoms with van der Waals surface area (Å²) in [7, 11) is 0. The number of hydrogen-bond acceptors (Lipinski definition) is 3. The number of nitrogens with two attached hydrogens (primary N) is 1. The van der Waals surface area contributed by atoms with E-state index in [0.29, 0.717) is 6.10 Å². The molecule has 110 valence electrons. The van der Waals surface area contributed by atoms with Gasteiger partial charge in [-0.3, -0.25) is 4.90 Å². The van der Waals surface area contributed by atoms with Crippen LogP contribution in [0.4, 0.5) is 5.69 Å². The average Bonchev–Trinajstić information content (AvgIpc) is 3.11. The second kappa shape index (κ2) is 6.59. The zero-order valence-corrected chi connectivity index (χ0v) is 12.3. The molecule has 3 heteroatoms. The summed E-state index contributed by atoms with van der Waals surface area (Å²) in [6.45, 7) is 3.04. The predicted octanol–water partition coefficient (Wildman–Crippen LogP) is 3.19. The second-order valence-corrected chi connectivity index (χ2v) is 6.25. The Kier molecular flexibility index (Phi) is 4.58. The Morgan fingerprint density at radius 1 is 1.15 bits per heavy atom. The molecule has 1 saturated carbocycles. The van der Waals surface area contributed by atoms with Gasteiger partial charge in [0.25, 0.3) is 0 Å². The van der Waals surface area contributed by atoms with Crippen LogP contribution in [-0.4, -0.2) is 30.2 Å². The number of ether oxygens (including phenoxy) is 1. The van der Waals surface area contributed by atoms with Crippen molar-refractivity contribution in [3.8, 4) is 0 Å². The van der Waals surface area contributed by atoms with Crippen LogP contribution in [0.15, 0.2) is 24.3 Å². The Hall–Kier alpha value is -1.06. The van der Waals surface area contributed by atoms with Crippen LogP contribution in [0, 0.1) is 0 Å². The fraction of sp³-hybridized carbons (Fsp3) is 0.647. The Morgan fingerprint density at radius 2 is 2.00 bits per heavy atom. The lowest BCUT2D eigenvalue weighted by atomic mass is 10.1. The molecule has 2 fully saturated rings. The van der Waals surface area contributed by atoms with Crippen molar-refractivity contribution in [1.82, 2.24) is 4.90 Å². The summed E-state index contributed by atoms with van der Waals surface area (Å²) < 4.78 is 5.84. The summed E-state index contributed by atoms with van der Waals surface area (Å²) in [5.74, 6) is 0. The van der Waals surface area contributed by atoms with Gasteiger partial charge in [-0.25, -0.2) is 0 Å². The van der Waals surface area contributed by atoms with E-state index >= 15 is 0 Å². The first-order valence-electron chi connectivity index (χ1n) is 8.01. The molecule has 20 heavy (non-hydrogen) atoms. The van der Waals surface area contributed by atoms with Crippen LogP contribution < -0.4 is 5.73 Å². The highest BCUT2D eigenvalue weighted by molar-refractivity contribution is 5.40. The highest BCUT2D eigenvalue weighted by Gasteiger charge is 2.26. The molecule has 0 spiro atoms. The molecule has 1 aliphatic carbocycles. The lowest BCUT2D eigenvalue weighted by Gasteiger charge is -2.31. The Balaban J connectivity index is 1.67. The zero-order chi connectivity index (χ0) is 13.8. The molecular formula is C17H26N2O. The van der Waals surface area contributed by atoms with E-state index in [1.54, 1.807) is 0 Å². The minimum atomic E-state index is 0.441. The number of rotatable bonds is 5. The number of anilines is 1. The molecule has 0 amide bonds. The van der Waals surface area contributed by atoms with Gasteiger partial charge in [0.05, 0.1) is 6.10 Å². The van der Waals surface area contributed by atoms with Crippen LogP contribution in [0.25, 0.3) is 0 Å². The van der Waals surface area contributed by atoms with Crippen LogP contribution in [0.1, 0.15) is 44.1 Å². The fourth-order valence-corrected chi connectivity index (χ4v) is 3.59. The summed E-state index contributed by atoms with van der Waals surface area (Å²) >= 11 is 0. The minimum Gasteiger partial charge on any atom is -0.399 e. The van der Waals surface area contributed by atoms with Crippen molar-refractivity contribution in [2.45, 2.75) is 57.2 Å². The Morgan fingerprint density at radius 3 is 2.70 bits per heavy atom. The Labute approximate surface area is 122 Å². The molecule has 1 saturated heterocycles. The van der Waals surface area contributed by atoms with Gasteiger partial charge in [-0.05, 0) is 43.4 Å². The van der Waals surface area contributed by atoms with Gasteiger partial charge in [0.15, 0.2) is 0 Å². The number of nitrogens with zero attached hydrogens (tertiary/aromatic N) is 1. The lowest BCUT2D eigenvalue weighted by molar-refractivity contribution is 0.0542. The molecular weight excluding hydrogens is 248 g/mol. The highest BCUT2D eigenvalue weighted by Crippen LogP contribution is 2.27. The smallest absolute Gasteiger partial charge is 0.0703 e. The van der Waals surface area contributed by atoms with Crippen molar-refractivity contribution in [3.05, 3.63) is 29.8 Å². The van der Waals surface area contributed by atoms with E-state index in [-0.39, 0.29) is 0 Å². The first kappa shape index (κ1) is 13.9. The molecule has 1 atom stereocenters. The van der Waals surface area contributed by atoms with Crippen LogP contribution >= 0.6 is 0 Å². The Bertz CT molecular complexity index is 423. The normalized spacial score (nSPS) is 23.8. The van der Waals surface area contributed by atoms with Crippen molar-refractivity contribution in [3.63, 3.8) is 0 Å². The van der Waals surface area contributed by atoms with E-state index in [2.05, 4.69) is 23.1 Å². The highest BCUT2D eigenvalue weighted by atomic mass is 16.5. The van der Waals surface area contributed by atoms with Crippen LogP contribution in [0.5, 0.6) is 0 Å². The van der Waals surface area contributed by atoms with Crippen LogP contribution in [0.2, 0.25) is 0 Å². The third-order valence-corrected chi connectivity index (χ3v) is 4.64. The van der Waals surface area contributed by atoms with Gasteiger partial charge in [-0.2, -0.15) is 0 Å². The van der Waals surface area contributed by atoms with E-state index in [9.17, 15) is 0 Å². The van der Waals surface area contributed by atoms with Gasteiger partial charge in [0, 0.05) is 31.4 Å². The van der Waals surface area contributed by atoms with Gasteiger partial charge in [0.1, 0.15) is 0 Å². The molecule has 3 rings (SSSR count). The molecule has 3 nitrogen and oxygen atoms in total. The quantitative estimate of drug-likeness (QED) is 0.838. The molecule has 1 aliphatic heterocycles. The molecule has 1 aromatic carbocycles. The minimum absolute atomic E-state index is 0.441. The van der Waals surface area contributed by atoms with E-state index in [1.807, 2.05) is 6.07 Å². The van der Waals surface area contributed by atoms with Crippen molar-refractivity contribution in [2.24, 2.45) is 0 Å². The van der Waals surface area contributed by atoms with Gasteiger partial charge in [-0.1, -0.05) is 25.0 Å². The molecule has 0 aromatic heterocycles. The van der Waals surface area contributed by atoms with Crippen molar-refractivity contribution >= 4 is 5.69 Å². The van der Waals surface area contributed by atoms with Gasteiger partial charge >= 0.3 is 0 Å². The van der Waals surface area contributed by atoms with E-state index in [0.717, 1.165) is 31.4 Å². The SMILES string of the molecule is Nc1cccc(CN(CC2CCCO2)C2CCCC2)c1. The van der Waals surface area contributed by atoms with Gasteiger partial charge in [-0.15, -0.1) is 0 Å². The molecule has 0 radical (unpaired) electrons. The summed E-state index contributed by atoms with van der Waals surface area (Å²) in [6, 6.07) is 9.05. The van der Waals surface area contributed by atoms with E-state index in [4.69, 9.17) is 10.5 Å². The number of nitrogen functional groups attached to an aromatic ring is 1. The summed E-state index contributed by atoms with van der Waals surface area (Å²) in [5, 5.41) is 0. The number of benzene rings is 1. The maximum absolute atomic E-state index is 5.91. The average molecular weight is 274 g/mol. The van der Waals surface area contributed by atoms with Crippen LogP contribution in [0.3, 0.4) is 0 Å². The lowest BCUT2D eigenvalue weighted by Crippen LogP contribution is -2.38. The zero-order valence-electron chi connectivity index (χ0n) is 12.3. The second-order valence-electron chi connectivity index (χ2n) is 6.25. The maximum Gasteiger partial charge on any atom is 0.0703 e. The van der Waals surface area contributed by atoms with E-state index in [1.165, 1.54) is 44.1 Å². The summed E-state index contributed by atoms with van der Waals surface area (Å²) in [5.41, 5.74) is 8.10. The predicted molar refractivity (Wildman–Crippen MR) is 82.5 cm³/mol. The van der Waals surface area contributed by atoms with E-state index < -0.39 is 0 Å². The molecule has 1 unspecified atom stereocenters. The van der Waals surface area contributed by atoms with Gasteiger partial charge < -0.3 is 10.5 Å². The van der Waals surface area contributed by atoms with Crippen molar-refractivity contribution in [2.75, 3.05) is 18.9 Å².